The Bertz CT molecular complexity index is 1350. The van der Waals surface area contributed by atoms with Crippen LogP contribution in [-0.2, 0) is 34.9 Å². The molecule has 0 aromatic carbocycles. The summed E-state index contributed by atoms with van der Waals surface area (Å²) in [6.45, 7) is 12.6. The molecule has 0 saturated heterocycles. The third kappa shape index (κ3) is 9.96. The Kier molecular flexibility index (Phi) is 12.5. The second kappa shape index (κ2) is 15.7. The van der Waals surface area contributed by atoms with Crippen molar-refractivity contribution in [3.63, 3.8) is 0 Å². The van der Waals surface area contributed by atoms with E-state index in [0.717, 1.165) is 51.4 Å². The molecule has 3 atom stereocenters. The summed E-state index contributed by atoms with van der Waals surface area (Å²) in [5.74, 6) is -0.146. The van der Waals surface area contributed by atoms with Crippen molar-refractivity contribution in [3.05, 3.63) is 12.7 Å². The molecular weight excluding hydrogens is 621 g/mol. The normalized spacial score (nSPS) is 19.3. The molecule has 2 aromatic rings. The van der Waals surface area contributed by atoms with E-state index in [1.807, 2.05) is 20.8 Å². The van der Waals surface area contributed by atoms with Gasteiger partial charge in [-0.2, -0.15) is 0 Å². The van der Waals surface area contributed by atoms with Crippen molar-refractivity contribution < 1.29 is 28.4 Å². The summed E-state index contributed by atoms with van der Waals surface area (Å²) in [5.41, 5.74) is 4.26. The molecule has 0 aliphatic heterocycles. The van der Waals surface area contributed by atoms with E-state index in [-0.39, 0.29) is 24.4 Å². The Hall–Kier alpha value is -2.60. The maximum Gasteiger partial charge on any atom is 0.326 e. The van der Waals surface area contributed by atoms with Crippen LogP contribution in [0.3, 0.4) is 0 Å². The van der Waals surface area contributed by atoms with Gasteiger partial charge in [-0.15, -0.1) is 0 Å². The number of hydrogen-bond acceptors (Lipinski definition) is 10. The average Bonchev–Trinajstić information content (AvgIpc) is 3.44. The Labute approximate surface area is 279 Å². The van der Waals surface area contributed by atoms with Crippen molar-refractivity contribution in [3.8, 4) is 0 Å². The standard InChI is InChI=1S/C33H56N7O6P/c1-22(18-40-20-37-27-28(34)35-19-36-29(27)40)44-21-47(43,38-32(4,5)30(41)45-23(2)25-14-10-8-11-15-25)39-33(6,7)31(42)46-24(3)26-16-12-9-13-17-26/h19-20,22-26H,8-18,21H2,1-7H3,(H2,34,35,36)(H2,38,39,43)/t22-,23+,24+/m1/s1. The summed E-state index contributed by atoms with van der Waals surface area (Å²) in [4.78, 5) is 39.6. The van der Waals surface area contributed by atoms with Crippen LogP contribution in [0, 0.1) is 11.8 Å². The maximum absolute atomic E-state index is 14.8. The molecule has 2 fully saturated rings. The predicted molar refractivity (Wildman–Crippen MR) is 181 cm³/mol. The van der Waals surface area contributed by atoms with E-state index in [2.05, 4.69) is 25.1 Å². The topological polar surface area (TPSA) is 173 Å². The lowest BCUT2D eigenvalue weighted by Crippen LogP contribution is -2.55. The van der Waals surface area contributed by atoms with E-state index in [4.69, 9.17) is 19.9 Å². The Balaban J connectivity index is 1.48. The van der Waals surface area contributed by atoms with Crippen LogP contribution in [0.2, 0.25) is 0 Å². The molecule has 14 heteroatoms. The SMILES string of the molecule is C[C@H](Cn1cnc2c(N)ncnc21)OCP(=O)(NC(C)(C)C(=O)O[C@@H](C)C1CCCCC1)NC(C)(C)C(=O)O[C@@H](C)C1CCCCC1. The average molecular weight is 678 g/mol. The molecule has 13 nitrogen and oxygen atoms in total. The monoisotopic (exact) mass is 677 g/mol. The van der Waals surface area contributed by atoms with Gasteiger partial charge in [-0.05, 0) is 86.0 Å². The first-order valence-electron chi connectivity index (χ1n) is 17.2. The quantitative estimate of drug-likeness (QED) is 0.155. The molecule has 2 aliphatic carbocycles. The number of nitrogens with zero attached hydrogens (tertiary/aromatic N) is 4. The molecule has 4 rings (SSSR count). The van der Waals surface area contributed by atoms with Crippen molar-refractivity contribution in [2.75, 3.05) is 12.1 Å². The smallest absolute Gasteiger partial charge is 0.326 e. The zero-order valence-corrected chi connectivity index (χ0v) is 30.2. The zero-order valence-electron chi connectivity index (χ0n) is 29.3. The van der Waals surface area contributed by atoms with Gasteiger partial charge < -0.3 is 24.5 Å². The molecule has 0 bridgehead atoms. The number of anilines is 1. The van der Waals surface area contributed by atoms with Crippen molar-refractivity contribution in [2.24, 2.45) is 11.8 Å². The van der Waals surface area contributed by atoms with Crippen LogP contribution >= 0.6 is 7.44 Å². The summed E-state index contributed by atoms with van der Waals surface area (Å²) in [5, 5.41) is 6.08. The molecular formula is C33H56N7O6P. The molecule has 2 saturated carbocycles. The van der Waals surface area contributed by atoms with Gasteiger partial charge in [-0.1, -0.05) is 38.5 Å². The number of aromatic nitrogens is 4. The molecule has 0 radical (unpaired) electrons. The van der Waals surface area contributed by atoms with Crippen LogP contribution in [0.1, 0.15) is 113 Å². The van der Waals surface area contributed by atoms with E-state index >= 15 is 0 Å². The second-order valence-electron chi connectivity index (χ2n) is 14.7. The number of hydrogen-bond donors (Lipinski definition) is 3. The largest absolute Gasteiger partial charge is 0.461 e. The third-order valence-electron chi connectivity index (χ3n) is 9.58. The lowest BCUT2D eigenvalue weighted by atomic mass is 9.86. The number of carbonyl (C=O) groups excluding carboxylic acids is 2. The van der Waals surface area contributed by atoms with Crippen LogP contribution in [-0.4, -0.2) is 67.2 Å². The molecule has 0 unspecified atom stereocenters. The fourth-order valence-corrected chi connectivity index (χ4v) is 9.35. The highest BCUT2D eigenvalue weighted by Gasteiger charge is 2.44. The minimum absolute atomic E-state index is 0.261. The van der Waals surface area contributed by atoms with Crippen LogP contribution < -0.4 is 15.9 Å². The van der Waals surface area contributed by atoms with E-state index in [0.29, 0.717) is 29.5 Å². The number of nitrogens with one attached hydrogen (secondary N) is 2. The van der Waals surface area contributed by atoms with Gasteiger partial charge in [0.1, 0.15) is 41.5 Å². The van der Waals surface area contributed by atoms with Crippen LogP contribution in [0.25, 0.3) is 11.2 Å². The number of fused-ring (bicyclic) bond motifs is 1. The summed E-state index contributed by atoms with van der Waals surface area (Å²) < 4.78 is 34.6. The lowest BCUT2D eigenvalue weighted by molar-refractivity contribution is -0.157. The number of ether oxygens (including phenoxy) is 3. The number of esters is 2. The van der Waals surface area contributed by atoms with Gasteiger partial charge in [0, 0.05) is 0 Å². The first-order chi connectivity index (χ1) is 22.1. The van der Waals surface area contributed by atoms with Crippen molar-refractivity contribution in [1.82, 2.24) is 29.7 Å². The third-order valence-corrected chi connectivity index (χ3v) is 11.9. The van der Waals surface area contributed by atoms with Gasteiger partial charge in [0.25, 0.3) is 0 Å². The highest BCUT2D eigenvalue weighted by Crippen LogP contribution is 2.43. The fraction of sp³-hybridized carbons (Fsp3) is 0.788. The maximum atomic E-state index is 14.8. The summed E-state index contributed by atoms with van der Waals surface area (Å²) in [6, 6.07) is 0. The number of imidazole rings is 1. The van der Waals surface area contributed by atoms with E-state index in [1.165, 1.54) is 19.2 Å². The van der Waals surface area contributed by atoms with Crippen LogP contribution in [0.5, 0.6) is 0 Å². The van der Waals surface area contributed by atoms with E-state index in [9.17, 15) is 14.2 Å². The Morgan fingerprint density at radius 1 is 0.872 bits per heavy atom. The first-order valence-corrected chi connectivity index (χ1v) is 19.1. The van der Waals surface area contributed by atoms with Gasteiger partial charge in [-0.25, -0.2) is 25.1 Å². The van der Waals surface area contributed by atoms with E-state index < -0.39 is 36.6 Å². The van der Waals surface area contributed by atoms with Crippen LogP contribution in [0.15, 0.2) is 12.7 Å². The molecule has 47 heavy (non-hydrogen) atoms. The second-order valence-corrected chi connectivity index (χ2v) is 16.8. The molecule has 0 spiro atoms. The molecule has 2 aromatic heterocycles. The minimum atomic E-state index is -3.82. The molecule has 2 aliphatic rings. The number of nitrogens with two attached hydrogens (primary N) is 1. The highest BCUT2D eigenvalue weighted by molar-refractivity contribution is 7.59. The van der Waals surface area contributed by atoms with Crippen molar-refractivity contribution in [2.45, 2.75) is 149 Å². The summed E-state index contributed by atoms with van der Waals surface area (Å²) >= 11 is 0. The van der Waals surface area contributed by atoms with Crippen molar-refractivity contribution in [1.29, 1.82) is 0 Å². The van der Waals surface area contributed by atoms with Gasteiger partial charge >= 0.3 is 11.9 Å². The van der Waals surface area contributed by atoms with E-state index in [1.54, 1.807) is 38.6 Å². The molecule has 264 valence electrons. The lowest BCUT2D eigenvalue weighted by Gasteiger charge is -2.37. The number of carbonyl (C=O) groups is 2. The van der Waals surface area contributed by atoms with Gasteiger partial charge in [0.2, 0.25) is 7.44 Å². The van der Waals surface area contributed by atoms with Gasteiger partial charge in [0.05, 0.1) is 19.0 Å². The Morgan fingerprint density at radius 2 is 1.36 bits per heavy atom. The molecule has 4 N–H and O–H groups in total. The minimum Gasteiger partial charge on any atom is -0.461 e. The summed E-state index contributed by atoms with van der Waals surface area (Å²) in [6.07, 6.45) is 12.7. The molecule has 0 amide bonds. The fourth-order valence-electron chi connectivity index (χ4n) is 6.71. The molecule has 2 heterocycles. The van der Waals surface area contributed by atoms with Crippen LogP contribution in [0.4, 0.5) is 5.82 Å². The number of rotatable bonds is 15. The Morgan fingerprint density at radius 3 is 1.85 bits per heavy atom. The summed E-state index contributed by atoms with van der Waals surface area (Å²) in [7, 11) is -3.82. The van der Waals surface area contributed by atoms with Gasteiger partial charge in [0.15, 0.2) is 11.5 Å². The zero-order chi connectivity index (χ0) is 34.4. The number of nitrogen functional groups attached to an aromatic ring is 1. The first kappa shape index (κ1) is 37.2. The predicted octanol–water partition coefficient (Wildman–Crippen LogP) is 5.72. The van der Waals surface area contributed by atoms with Crippen molar-refractivity contribution >= 4 is 36.4 Å². The highest BCUT2D eigenvalue weighted by atomic mass is 31.2. The van der Waals surface area contributed by atoms with Gasteiger partial charge in [-0.3, -0.25) is 14.2 Å².